The molecule has 0 aliphatic carbocycles. The first-order valence-corrected chi connectivity index (χ1v) is 9.73. The molecule has 0 bridgehead atoms. The van der Waals surface area contributed by atoms with Crippen molar-refractivity contribution in [3.05, 3.63) is 69.8 Å². The maximum Gasteiger partial charge on any atom is 0.416 e. The molecule has 0 radical (unpaired) electrons. The van der Waals surface area contributed by atoms with Crippen molar-refractivity contribution in [1.82, 2.24) is 0 Å². The van der Waals surface area contributed by atoms with Crippen LogP contribution < -0.4 is 4.74 Å². The first-order chi connectivity index (χ1) is 15.1. The van der Waals surface area contributed by atoms with Gasteiger partial charge in [0.2, 0.25) is 0 Å². The fourth-order valence-electron chi connectivity index (χ4n) is 2.90. The number of hydrogen-bond acceptors (Lipinski definition) is 4. The maximum atomic E-state index is 12.8. The number of aromatic hydroxyl groups is 1. The van der Waals surface area contributed by atoms with Gasteiger partial charge in [0.25, 0.3) is 0 Å². The van der Waals surface area contributed by atoms with Crippen LogP contribution in [0.4, 0.5) is 17.6 Å². The van der Waals surface area contributed by atoms with Gasteiger partial charge in [-0.3, -0.25) is 0 Å². The van der Waals surface area contributed by atoms with Gasteiger partial charge in [0.15, 0.2) is 0 Å². The molecule has 2 rings (SSSR count). The Bertz CT molecular complexity index is 1000. The van der Waals surface area contributed by atoms with Crippen LogP contribution in [0.25, 0.3) is 12.2 Å². The molecule has 0 saturated heterocycles. The van der Waals surface area contributed by atoms with Gasteiger partial charge in [-0.05, 0) is 49.6 Å². The minimum absolute atomic E-state index is 0.125. The second-order valence-electron chi connectivity index (χ2n) is 7.13. The molecule has 2 aromatic rings. The summed E-state index contributed by atoms with van der Waals surface area (Å²) in [6.07, 6.45) is 0.534. The van der Waals surface area contributed by atoms with E-state index in [0.717, 1.165) is 24.8 Å². The number of benzene rings is 2. The van der Waals surface area contributed by atoms with Crippen LogP contribution in [0, 0.1) is 0 Å². The number of carbonyl (C=O) groups is 1. The minimum atomic E-state index is -4.45. The first kappa shape index (κ1) is 25.0. The highest BCUT2D eigenvalue weighted by Gasteiger charge is 2.29. The second-order valence-corrected chi connectivity index (χ2v) is 7.13. The summed E-state index contributed by atoms with van der Waals surface area (Å²) < 4.78 is 61.2. The molecule has 32 heavy (non-hydrogen) atoms. The number of rotatable bonds is 8. The van der Waals surface area contributed by atoms with Crippen molar-refractivity contribution in [3.63, 3.8) is 0 Å². The predicted molar refractivity (Wildman–Crippen MR) is 114 cm³/mol. The summed E-state index contributed by atoms with van der Waals surface area (Å²) in [5.41, 5.74) is 1.00. The van der Waals surface area contributed by atoms with Gasteiger partial charge in [0, 0.05) is 5.56 Å². The summed E-state index contributed by atoms with van der Waals surface area (Å²) in [7, 11) is 1.16. The minimum Gasteiger partial charge on any atom is -0.507 e. The highest BCUT2D eigenvalue weighted by molar-refractivity contribution is 5.98. The summed E-state index contributed by atoms with van der Waals surface area (Å²) in [6, 6.07) is 5.91. The normalized spacial score (nSPS) is 11.5. The van der Waals surface area contributed by atoms with Crippen LogP contribution >= 0.6 is 0 Å². The molecule has 0 fully saturated rings. The van der Waals surface area contributed by atoms with E-state index in [1.807, 2.05) is 19.9 Å². The zero-order valence-corrected chi connectivity index (χ0v) is 17.9. The van der Waals surface area contributed by atoms with Gasteiger partial charge < -0.3 is 14.6 Å². The number of phenolic OH excluding ortho intramolecular Hbond substituents is 1. The van der Waals surface area contributed by atoms with Gasteiger partial charge in [-0.1, -0.05) is 35.9 Å². The van der Waals surface area contributed by atoms with E-state index < -0.39 is 24.4 Å². The summed E-state index contributed by atoms with van der Waals surface area (Å²) in [5, 5.41) is 10.8. The lowest BCUT2D eigenvalue weighted by molar-refractivity contribution is -0.137. The van der Waals surface area contributed by atoms with Gasteiger partial charge in [-0.25, -0.2) is 9.18 Å². The molecular weight excluding hydrogens is 428 g/mol. The molecule has 0 atom stereocenters. The topological polar surface area (TPSA) is 55.8 Å². The second kappa shape index (κ2) is 10.8. The quantitative estimate of drug-likeness (QED) is 0.223. The van der Waals surface area contributed by atoms with Gasteiger partial charge >= 0.3 is 12.1 Å². The number of esters is 1. The van der Waals surface area contributed by atoms with Crippen molar-refractivity contribution in [2.45, 2.75) is 26.4 Å². The van der Waals surface area contributed by atoms with E-state index in [4.69, 9.17) is 9.47 Å². The lowest BCUT2D eigenvalue weighted by Crippen LogP contribution is -2.09. The van der Waals surface area contributed by atoms with Crippen molar-refractivity contribution in [2.24, 2.45) is 0 Å². The number of allylic oxidation sites excluding steroid dienone is 2. The third-order valence-electron chi connectivity index (χ3n) is 4.53. The predicted octanol–water partition coefficient (Wildman–Crippen LogP) is 6.23. The number of carbonyl (C=O) groups excluding carboxylic acids is 1. The Kier molecular flexibility index (Phi) is 8.46. The lowest BCUT2D eigenvalue weighted by atomic mass is 9.97. The zero-order chi connectivity index (χ0) is 23.9. The Morgan fingerprint density at radius 1 is 1.12 bits per heavy atom. The molecular formula is C24H24F4O4. The molecule has 0 unspecified atom stereocenters. The van der Waals surface area contributed by atoms with Crippen molar-refractivity contribution in [2.75, 3.05) is 20.4 Å². The number of halogens is 4. The molecule has 0 heterocycles. The standard InChI is InChI=1S/C24H24F4O4/c1-15(2)4-11-19-20(32-13-12-25)14-17(21(22(19)29)23(30)31-3)8-5-16-6-9-18(10-7-16)24(26,27)28/h4-10,14,29H,11-13H2,1-3H3. The Balaban J connectivity index is 2.56. The van der Waals surface area contributed by atoms with E-state index >= 15 is 0 Å². The molecule has 0 aliphatic rings. The number of ether oxygens (including phenoxy) is 2. The molecule has 0 aliphatic heterocycles. The molecule has 0 spiro atoms. The molecule has 2 aromatic carbocycles. The third kappa shape index (κ3) is 6.35. The van der Waals surface area contributed by atoms with Gasteiger partial charge in [-0.15, -0.1) is 0 Å². The number of hydrogen-bond donors (Lipinski definition) is 1. The summed E-state index contributed by atoms with van der Waals surface area (Å²) in [6.45, 7) is 2.72. The fourth-order valence-corrected chi connectivity index (χ4v) is 2.90. The van der Waals surface area contributed by atoms with Gasteiger partial charge in [0.05, 0.1) is 12.7 Å². The maximum absolute atomic E-state index is 12.8. The van der Waals surface area contributed by atoms with Crippen molar-refractivity contribution < 1.29 is 36.9 Å². The molecule has 0 aromatic heterocycles. The van der Waals surface area contributed by atoms with Crippen LogP contribution in [0.15, 0.2) is 42.0 Å². The average molecular weight is 452 g/mol. The monoisotopic (exact) mass is 452 g/mol. The molecule has 1 N–H and O–H groups in total. The molecule has 4 nitrogen and oxygen atoms in total. The number of alkyl halides is 4. The molecule has 8 heteroatoms. The zero-order valence-electron chi connectivity index (χ0n) is 17.9. The molecule has 172 valence electrons. The van der Waals surface area contributed by atoms with Crippen LogP contribution in [0.3, 0.4) is 0 Å². The van der Waals surface area contributed by atoms with Crippen LogP contribution in [0.1, 0.15) is 46.5 Å². The highest BCUT2D eigenvalue weighted by Crippen LogP contribution is 2.37. The van der Waals surface area contributed by atoms with Crippen LogP contribution in [-0.2, 0) is 17.3 Å². The first-order valence-electron chi connectivity index (χ1n) is 9.73. The summed E-state index contributed by atoms with van der Waals surface area (Å²) in [5.74, 6) is -0.972. The van der Waals surface area contributed by atoms with Crippen LogP contribution in [0.2, 0.25) is 0 Å². The smallest absolute Gasteiger partial charge is 0.416 e. The average Bonchev–Trinajstić information content (AvgIpc) is 2.74. The summed E-state index contributed by atoms with van der Waals surface area (Å²) in [4.78, 5) is 12.4. The van der Waals surface area contributed by atoms with E-state index in [-0.39, 0.29) is 35.7 Å². The third-order valence-corrected chi connectivity index (χ3v) is 4.53. The number of methoxy groups -OCH3 is 1. The Labute approximate surface area is 183 Å². The Morgan fingerprint density at radius 2 is 1.78 bits per heavy atom. The molecule has 0 saturated carbocycles. The fraction of sp³-hybridized carbons (Fsp3) is 0.292. The number of phenols is 1. The van der Waals surface area contributed by atoms with E-state index in [2.05, 4.69) is 0 Å². The van der Waals surface area contributed by atoms with Crippen molar-refractivity contribution >= 4 is 18.1 Å². The van der Waals surface area contributed by atoms with E-state index in [1.165, 1.54) is 30.4 Å². The van der Waals surface area contributed by atoms with E-state index in [9.17, 15) is 27.5 Å². The lowest BCUT2D eigenvalue weighted by Gasteiger charge is -2.16. The van der Waals surface area contributed by atoms with Crippen LogP contribution in [-0.4, -0.2) is 31.5 Å². The highest BCUT2D eigenvalue weighted by atomic mass is 19.4. The molecule has 0 amide bonds. The van der Waals surface area contributed by atoms with Crippen molar-refractivity contribution in [3.8, 4) is 11.5 Å². The van der Waals surface area contributed by atoms with Crippen LogP contribution in [0.5, 0.6) is 11.5 Å². The van der Waals surface area contributed by atoms with E-state index in [1.54, 1.807) is 0 Å². The SMILES string of the molecule is COC(=O)c1c(C=Cc2ccc(C(F)(F)F)cc2)cc(OCCF)c(CC=C(C)C)c1O. The Hall–Kier alpha value is -3.29. The van der Waals surface area contributed by atoms with Crippen molar-refractivity contribution in [1.29, 1.82) is 0 Å². The Morgan fingerprint density at radius 3 is 2.31 bits per heavy atom. The summed E-state index contributed by atoms with van der Waals surface area (Å²) >= 11 is 0. The van der Waals surface area contributed by atoms with E-state index in [0.29, 0.717) is 11.1 Å². The largest absolute Gasteiger partial charge is 0.507 e. The van der Waals surface area contributed by atoms with Gasteiger partial charge in [-0.2, -0.15) is 13.2 Å². The van der Waals surface area contributed by atoms with Gasteiger partial charge in [0.1, 0.15) is 30.3 Å².